The van der Waals surface area contributed by atoms with Crippen LogP contribution in [-0.2, 0) is 11.3 Å². The molecule has 2 amide bonds. The largest absolute Gasteiger partial charge is 0.351 e. The van der Waals surface area contributed by atoms with Crippen LogP contribution >= 0.6 is 0 Å². The normalized spacial score (nSPS) is 23.3. The summed E-state index contributed by atoms with van der Waals surface area (Å²) in [5.74, 6) is 0.491. The molecule has 0 radical (unpaired) electrons. The van der Waals surface area contributed by atoms with Crippen LogP contribution in [0, 0.1) is 18.3 Å². The van der Waals surface area contributed by atoms with Gasteiger partial charge in [0, 0.05) is 24.3 Å². The molecule has 3 N–H and O–H groups in total. The van der Waals surface area contributed by atoms with E-state index in [1.807, 2.05) is 55.5 Å². The zero-order chi connectivity index (χ0) is 20.3. The quantitative estimate of drug-likeness (QED) is 0.729. The van der Waals surface area contributed by atoms with E-state index in [4.69, 9.17) is 0 Å². The van der Waals surface area contributed by atoms with Gasteiger partial charge in [-0.05, 0) is 62.1 Å². The highest BCUT2D eigenvalue weighted by Gasteiger charge is 2.49. The van der Waals surface area contributed by atoms with E-state index < -0.39 is 0 Å². The van der Waals surface area contributed by atoms with E-state index >= 15 is 0 Å². The summed E-state index contributed by atoms with van der Waals surface area (Å²) in [4.78, 5) is 25.5. The molecule has 0 aromatic heterocycles. The average molecular weight is 392 g/mol. The Balaban J connectivity index is 1.38. The average Bonchev–Trinajstić information content (AvgIpc) is 3.18. The van der Waals surface area contributed by atoms with E-state index in [2.05, 4.69) is 16.0 Å². The van der Waals surface area contributed by atoms with E-state index in [0.717, 1.165) is 49.2 Å². The summed E-state index contributed by atoms with van der Waals surface area (Å²) in [5, 5.41) is 9.53. The fraction of sp³-hybridized carbons (Fsp3) is 0.417. The number of nitrogens with one attached hydrogen (secondary N) is 3. The van der Waals surface area contributed by atoms with Crippen molar-refractivity contribution >= 4 is 17.5 Å². The van der Waals surface area contributed by atoms with Crippen molar-refractivity contribution in [3.8, 4) is 0 Å². The summed E-state index contributed by atoms with van der Waals surface area (Å²) in [6.07, 6.45) is 4.47. The molecule has 1 aliphatic heterocycles. The van der Waals surface area contributed by atoms with Gasteiger partial charge in [-0.15, -0.1) is 0 Å². The van der Waals surface area contributed by atoms with Gasteiger partial charge in [-0.1, -0.05) is 42.7 Å². The van der Waals surface area contributed by atoms with Crippen LogP contribution in [0.2, 0.25) is 0 Å². The second kappa shape index (κ2) is 8.37. The lowest BCUT2D eigenvalue weighted by Crippen LogP contribution is -2.47. The van der Waals surface area contributed by atoms with Gasteiger partial charge in [-0.25, -0.2) is 0 Å². The lowest BCUT2D eigenvalue weighted by Gasteiger charge is -2.37. The molecule has 0 spiro atoms. The highest BCUT2D eigenvalue weighted by molar-refractivity contribution is 6.04. The Morgan fingerprint density at radius 2 is 1.97 bits per heavy atom. The third-order valence-electron chi connectivity index (χ3n) is 6.44. The fourth-order valence-electron chi connectivity index (χ4n) is 4.72. The number of benzene rings is 2. The van der Waals surface area contributed by atoms with Crippen molar-refractivity contribution in [1.29, 1.82) is 0 Å². The first-order chi connectivity index (χ1) is 14.1. The van der Waals surface area contributed by atoms with Gasteiger partial charge >= 0.3 is 0 Å². The van der Waals surface area contributed by atoms with Crippen LogP contribution in [0.4, 0.5) is 5.69 Å². The summed E-state index contributed by atoms with van der Waals surface area (Å²) >= 11 is 0. The molecule has 0 bridgehead atoms. The zero-order valence-corrected chi connectivity index (χ0v) is 17.0. The number of hydrogen-bond donors (Lipinski definition) is 3. The second-order valence-corrected chi connectivity index (χ2v) is 8.43. The van der Waals surface area contributed by atoms with E-state index in [1.165, 1.54) is 6.42 Å². The molecule has 1 heterocycles. The first-order valence-electron chi connectivity index (χ1n) is 10.5. The minimum absolute atomic E-state index is 0.132. The molecule has 0 unspecified atom stereocenters. The van der Waals surface area contributed by atoms with Gasteiger partial charge in [0.05, 0.1) is 5.41 Å². The molecule has 1 aliphatic carbocycles. The number of amides is 2. The van der Waals surface area contributed by atoms with Crippen molar-refractivity contribution in [1.82, 2.24) is 10.6 Å². The lowest BCUT2D eigenvalue weighted by molar-refractivity contribution is -0.134. The van der Waals surface area contributed by atoms with E-state index in [-0.39, 0.29) is 17.2 Å². The Bertz CT molecular complexity index is 893. The molecule has 2 aliphatic rings. The number of fused-ring (bicyclic) bond motifs is 1. The Morgan fingerprint density at radius 1 is 1.14 bits per heavy atom. The van der Waals surface area contributed by atoms with Crippen LogP contribution in [0.5, 0.6) is 0 Å². The molecule has 5 heteroatoms. The van der Waals surface area contributed by atoms with Crippen LogP contribution in [0.25, 0.3) is 0 Å². The van der Waals surface area contributed by atoms with Gasteiger partial charge in [-0.3, -0.25) is 9.59 Å². The molecule has 1 saturated heterocycles. The maximum atomic E-state index is 13.0. The molecule has 2 atom stereocenters. The minimum Gasteiger partial charge on any atom is -0.351 e. The highest BCUT2D eigenvalue weighted by Crippen LogP contribution is 2.43. The SMILES string of the molecule is Cc1ccc(C(=O)Nc2cccc(CNC(=O)[C@@]34CCCC[C@H]3CNC4)c2)cc1. The minimum atomic E-state index is -0.241. The maximum Gasteiger partial charge on any atom is 0.255 e. The van der Waals surface area contributed by atoms with Crippen molar-refractivity contribution in [3.05, 3.63) is 65.2 Å². The molecular weight excluding hydrogens is 362 g/mol. The van der Waals surface area contributed by atoms with Gasteiger partial charge in [0.1, 0.15) is 0 Å². The van der Waals surface area contributed by atoms with Crippen LogP contribution in [0.15, 0.2) is 48.5 Å². The topological polar surface area (TPSA) is 70.2 Å². The van der Waals surface area contributed by atoms with E-state index in [9.17, 15) is 9.59 Å². The van der Waals surface area contributed by atoms with Crippen molar-refractivity contribution in [2.75, 3.05) is 18.4 Å². The van der Waals surface area contributed by atoms with Crippen LogP contribution in [-0.4, -0.2) is 24.9 Å². The molecule has 2 aromatic rings. The number of carbonyl (C=O) groups excluding carboxylic acids is 2. The molecule has 5 nitrogen and oxygen atoms in total. The Kier molecular flexibility index (Phi) is 5.67. The third-order valence-corrected chi connectivity index (χ3v) is 6.44. The van der Waals surface area contributed by atoms with Gasteiger partial charge in [0.15, 0.2) is 0 Å². The van der Waals surface area contributed by atoms with Gasteiger partial charge < -0.3 is 16.0 Å². The predicted octanol–water partition coefficient (Wildman–Crippen LogP) is 3.64. The predicted molar refractivity (Wildman–Crippen MR) is 115 cm³/mol. The standard InChI is InChI=1S/C24H29N3O2/c1-17-8-10-19(11-9-17)22(28)27-21-7-4-5-18(13-21)14-26-23(29)24-12-3-2-6-20(24)15-25-16-24/h4-5,7-11,13,20,25H,2-3,6,12,14-16H2,1H3,(H,26,29)(H,27,28)/t20-,24+/m0/s1. The van der Waals surface area contributed by atoms with Gasteiger partial charge in [-0.2, -0.15) is 0 Å². The molecule has 2 aromatic carbocycles. The van der Waals surface area contributed by atoms with Crippen molar-refractivity contribution in [2.24, 2.45) is 11.3 Å². The second-order valence-electron chi connectivity index (χ2n) is 8.43. The van der Waals surface area contributed by atoms with E-state index in [1.54, 1.807) is 0 Å². The summed E-state index contributed by atoms with van der Waals surface area (Å²) in [7, 11) is 0. The molecule has 29 heavy (non-hydrogen) atoms. The first kappa shape index (κ1) is 19.6. The van der Waals surface area contributed by atoms with Crippen LogP contribution in [0.3, 0.4) is 0 Å². The van der Waals surface area contributed by atoms with Crippen molar-refractivity contribution in [3.63, 3.8) is 0 Å². The van der Waals surface area contributed by atoms with Crippen LogP contribution in [0.1, 0.15) is 47.2 Å². The number of anilines is 1. The number of aryl methyl sites for hydroxylation is 1. The Morgan fingerprint density at radius 3 is 2.79 bits per heavy atom. The summed E-state index contributed by atoms with van der Waals surface area (Å²) in [6.45, 7) is 4.21. The van der Waals surface area contributed by atoms with Crippen LogP contribution < -0.4 is 16.0 Å². The molecule has 152 valence electrons. The number of rotatable bonds is 5. The Labute approximate surface area is 172 Å². The first-order valence-corrected chi connectivity index (χ1v) is 10.5. The monoisotopic (exact) mass is 391 g/mol. The number of carbonyl (C=O) groups is 2. The zero-order valence-electron chi connectivity index (χ0n) is 17.0. The third kappa shape index (κ3) is 4.20. The van der Waals surface area contributed by atoms with Gasteiger partial charge in [0.2, 0.25) is 5.91 Å². The van der Waals surface area contributed by atoms with Gasteiger partial charge in [0.25, 0.3) is 5.91 Å². The molecule has 4 rings (SSSR count). The van der Waals surface area contributed by atoms with Crippen molar-refractivity contribution in [2.45, 2.75) is 39.2 Å². The Hall–Kier alpha value is -2.66. The molecule has 1 saturated carbocycles. The summed E-state index contributed by atoms with van der Waals surface area (Å²) in [6, 6.07) is 15.2. The maximum absolute atomic E-state index is 13.0. The summed E-state index contributed by atoms with van der Waals surface area (Å²) in [5.41, 5.74) is 3.23. The lowest BCUT2D eigenvalue weighted by atomic mass is 9.67. The fourth-order valence-corrected chi connectivity index (χ4v) is 4.72. The number of hydrogen-bond acceptors (Lipinski definition) is 3. The molecular formula is C24H29N3O2. The highest BCUT2D eigenvalue weighted by atomic mass is 16.2. The smallest absolute Gasteiger partial charge is 0.255 e. The van der Waals surface area contributed by atoms with Crippen molar-refractivity contribution < 1.29 is 9.59 Å². The summed E-state index contributed by atoms with van der Waals surface area (Å²) < 4.78 is 0. The molecule has 2 fully saturated rings. The van der Waals surface area contributed by atoms with E-state index in [0.29, 0.717) is 18.0 Å².